The van der Waals surface area contributed by atoms with Gasteiger partial charge in [0.1, 0.15) is 11.8 Å². The van der Waals surface area contributed by atoms with E-state index in [0.717, 1.165) is 6.07 Å². The first-order valence-electron chi connectivity index (χ1n) is 6.08. The zero-order valence-electron chi connectivity index (χ0n) is 10.9. The molecule has 1 heterocycles. The molecular formula is C12H12N4O5. The number of anilines is 2. The van der Waals surface area contributed by atoms with E-state index in [4.69, 9.17) is 15.1 Å². The fourth-order valence-corrected chi connectivity index (χ4v) is 2.10. The van der Waals surface area contributed by atoms with E-state index in [-0.39, 0.29) is 11.3 Å². The summed E-state index contributed by atoms with van der Waals surface area (Å²) in [6.45, 7) is 2.01. The van der Waals surface area contributed by atoms with Crippen LogP contribution in [0.4, 0.5) is 21.9 Å². The highest BCUT2D eigenvalue weighted by Gasteiger charge is 2.23. The fourth-order valence-electron chi connectivity index (χ4n) is 2.10. The monoisotopic (exact) mass is 292 g/mol. The van der Waals surface area contributed by atoms with Crippen LogP contribution in [0.5, 0.6) is 0 Å². The van der Waals surface area contributed by atoms with Gasteiger partial charge in [0, 0.05) is 19.2 Å². The second-order valence-corrected chi connectivity index (χ2v) is 4.28. The Bertz CT molecular complexity index is 619. The molecular weight excluding hydrogens is 280 g/mol. The minimum absolute atomic E-state index is 0.125. The average Bonchev–Trinajstić information content (AvgIpc) is 2.47. The number of benzene rings is 1. The van der Waals surface area contributed by atoms with Gasteiger partial charge in [-0.1, -0.05) is 0 Å². The molecule has 1 aliphatic heterocycles. The lowest BCUT2D eigenvalue weighted by molar-refractivity contribution is -0.383. The summed E-state index contributed by atoms with van der Waals surface area (Å²) in [7, 11) is 0. The first-order valence-corrected chi connectivity index (χ1v) is 6.08. The Kier molecular flexibility index (Phi) is 4.20. The number of carboxylic acid groups (broad SMARTS) is 1. The number of hydrogen-bond acceptors (Lipinski definition) is 6. The molecule has 1 aromatic rings. The third kappa shape index (κ3) is 3.18. The van der Waals surface area contributed by atoms with Crippen LogP contribution in [-0.4, -0.2) is 42.4 Å². The lowest BCUT2D eigenvalue weighted by Gasteiger charge is -2.29. The summed E-state index contributed by atoms with van der Waals surface area (Å²) in [4.78, 5) is 22.8. The van der Waals surface area contributed by atoms with E-state index in [2.05, 4.69) is 0 Å². The number of nitro groups is 1. The molecule has 0 aromatic heterocycles. The summed E-state index contributed by atoms with van der Waals surface area (Å²) in [5.74, 6) is 0. The lowest BCUT2D eigenvalue weighted by atomic mass is 10.1. The topological polar surface area (TPSA) is 129 Å². The summed E-state index contributed by atoms with van der Waals surface area (Å²) in [6, 6.07) is 4.30. The van der Waals surface area contributed by atoms with Crippen molar-refractivity contribution in [3.8, 4) is 6.07 Å². The molecule has 0 aliphatic carbocycles. The largest absolute Gasteiger partial charge is 0.465 e. The normalized spacial score (nSPS) is 14.3. The van der Waals surface area contributed by atoms with Gasteiger partial charge in [-0.25, -0.2) is 4.79 Å². The maximum Gasteiger partial charge on any atom is 0.409 e. The van der Waals surface area contributed by atoms with Crippen LogP contribution in [0.15, 0.2) is 12.1 Å². The van der Waals surface area contributed by atoms with E-state index in [1.54, 1.807) is 0 Å². The first kappa shape index (κ1) is 14.5. The number of nitriles is 1. The SMILES string of the molecule is N#Cc1cc([N+](=O)[O-])c(NC(=O)O)cc1N1CCOCC1. The molecule has 9 nitrogen and oxygen atoms in total. The Morgan fingerprint density at radius 2 is 2.14 bits per heavy atom. The molecule has 1 saturated heterocycles. The number of ether oxygens (including phenoxy) is 1. The van der Waals surface area contributed by atoms with Gasteiger partial charge >= 0.3 is 6.09 Å². The highest BCUT2D eigenvalue weighted by atomic mass is 16.6. The Balaban J connectivity index is 2.50. The fraction of sp³-hybridized carbons (Fsp3) is 0.333. The Morgan fingerprint density at radius 3 is 2.67 bits per heavy atom. The number of nitrogens with one attached hydrogen (secondary N) is 1. The van der Waals surface area contributed by atoms with Crippen molar-refractivity contribution in [1.82, 2.24) is 0 Å². The van der Waals surface area contributed by atoms with Crippen LogP contribution in [0.25, 0.3) is 0 Å². The van der Waals surface area contributed by atoms with Gasteiger partial charge in [0.25, 0.3) is 5.69 Å². The van der Waals surface area contributed by atoms with Gasteiger partial charge in [0.05, 0.1) is 29.4 Å². The molecule has 1 aromatic carbocycles. The third-order valence-corrected chi connectivity index (χ3v) is 3.02. The molecule has 2 rings (SSSR count). The average molecular weight is 292 g/mol. The van der Waals surface area contributed by atoms with Crippen molar-refractivity contribution in [2.45, 2.75) is 0 Å². The molecule has 0 spiro atoms. The van der Waals surface area contributed by atoms with Crippen molar-refractivity contribution in [2.75, 3.05) is 36.5 Å². The van der Waals surface area contributed by atoms with Crippen LogP contribution < -0.4 is 10.2 Å². The number of amides is 1. The second-order valence-electron chi connectivity index (χ2n) is 4.28. The van der Waals surface area contributed by atoms with Crippen LogP contribution in [0.2, 0.25) is 0 Å². The zero-order valence-corrected chi connectivity index (χ0v) is 10.9. The smallest absolute Gasteiger partial charge is 0.409 e. The third-order valence-electron chi connectivity index (χ3n) is 3.02. The van der Waals surface area contributed by atoms with Gasteiger partial charge in [-0.2, -0.15) is 5.26 Å². The first-order chi connectivity index (χ1) is 10.0. The van der Waals surface area contributed by atoms with E-state index in [1.807, 2.05) is 16.3 Å². The summed E-state index contributed by atoms with van der Waals surface area (Å²) < 4.78 is 5.21. The molecule has 1 aliphatic rings. The Hall–Kier alpha value is -2.86. The number of nitro benzene ring substituents is 1. The van der Waals surface area contributed by atoms with Crippen molar-refractivity contribution in [3.05, 3.63) is 27.8 Å². The second kappa shape index (κ2) is 6.06. The molecule has 21 heavy (non-hydrogen) atoms. The molecule has 0 radical (unpaired) electrons. The van der Waals surface area contributed by atoms with Crippen molar-refractivity contribution in [3.63, 3.8) is 0 Å². The zero-order chi connectivity index (χ0) is 15.4. The Labute approximate surface area is 119 Å². The van der Waals surface area contributed by atoms with E-state index >= 15 is 0 Å². The van der Waals surface area contributed by atoms with Crippen LogP contribution in [0, 0.1) is 21.4 Å². The van der Waals surface area contributed by atoms with Gasteiger partial charge in [0.15, 0.2) is 0 Å². The van der Waals surface area contributed by atoms with Gasteiger partial charge in [0.2, 0.25) is 0 Å². The molecule has 110 valence electrons. The molecule has 0 atom stereocenters. The predicted molar refractivity (Wildman–Crippen MR) is 72.5 cm³/mol. The van der Waals surface area contributed by atoms with Crippen LogP contribution in [0.1, 0.15) is 5.56 Å². The van der Waals surface area contributed by atoms with Gasteiger partial charge < -0.3 is 14.7 Å². The summed E-state index contributed by atoms with van der Waals surface area (Å²) in [5, 5.41) is 30.9. The van der Waals surface area contributed by atoms with Crippen molar-refractivity contribution >= 4 is 23.2 Å². The maximum absolute atomic E-state index is 11.0. The molecule has 1 fully saturated rings. The van der Waals surface area contributed by atoms with Crippen LogP contribution >= 0.6 is 0 Å². The van der Waals surface area contributed by atoms with E-state index in [0.29, 0.717) is 32.0 Å². The molecule has 9 heteroatoms. The van der Waals surface area contributed by atoms with Gasteiger partial charge in [-0.3, -0.25) is 15.4 Å². The Morgan fingerprint density at radius 1 is 1.48 bits per heavy atom. The van der Waals surface area contributed by atoms with Crippen LogP contribution in [-0.2, 0) is 4.74 Å². The standard InChI is InChI=1S/C12H12N4O5/c13-7-8-5-11(16(19)20)9(14-12(17)18)6-10(8)15-1-3-21-4-2-15/h5-6,14H,1-4H2,(H,17,18). The summed E-state index contributed by atoms with van der Waals surface area (Å²) in [6.07, 6.45) is -1.41. The quantitative estimate of drug-likeness (QED) is 0.636. The number of hydrogen-bond donors (Lipinski definition) is 2. The van der Waals surface area contributed by atoms with E-state index in [9.17, 15) is 14.9 Å². The number of carbonyl (C=O) groups is 1. The highest BCUT2D eigenvalue weighted by Crippen LogP contribution is 2.33. The number of rotatable bonds is 3. The molecule has 0 saturated carbocycles. The minimum atomic E-state index is -1.41. The predicted octanol–water partition coefficient (Wildman–Crippen LogP) is 1.39. The van der Waals surface area contributed by atoms with Crippen LogP contribution in [0.3, 0.4) is 0 Å². The van der Waals surface area contributed by atoms with E-state index in [1.165, 1.54) is 6.07 Å². The summed E-state index contributed by atoms with van der Waals surface area (Å²) in [5.41, 5.74) is -0.0337. The van der Waals surface area contributed by atoms with Crippen molar-refractivity contribution in [1.29, 1.82) is 5.26 Å². The maximum atomic E-state index is 11.0. The number of nitrogens with zero attached hydrogens (tertiary/aromatic N) is 3. The minimum Gasteiger partial charge on any atom is -0.465 e. The van der Waals surface area contributed by atoms with Crippen molar-refractivity contribution in [2.24, 2.45) is 0 Å². The molecule has 0 unspecified atom stereocenters. The summed E-state index contributed by atoms with van der Waals surface area (Å²) >= 11 is 0. The molecule has 1 amide bonds. The van der Waals surface area contributed by atoms with Gasteiger partial charge in [-0.05, 0) is 6.07 Å². The molecule has 0 bridgehead atoms. The van der Waals surface area contributed by atoms with Crippen molar-refractivity contribution < 1.29 is 19.6 Å². The van der Waals surface area contributed by atoms with E-state index < -0.39 is 16.7 Å². The lowest BCUT2D eigenvalue weighted by Crippen LogP contribution is -2.36. The molecule has 2 N–H and O–H groups in total. The highest BCUT2D eigenvalue weighted by molar-refractivity contribution is 5.89. The number of morpholine rings is 1. The van der Waals surface area contributed by atoms with Gasteiger partial charge in [-0.15, -0.1) is 0 Å².